The molecule has 1 amide bonds. The third-order valence-corrected chi connectivity index (χ3v) is 14.8. The number of rotatable bonds is 12. The van der Waals surface area contributed by atoms with Crippen molar-refractivity contribution in [2.45, 2.75) is 179 Å². The van der Waals surface area contributed by atoms with Gasteiger partial charge in [0.25, 0.3) is 5.91 Å². The van der Waals surface area contributed by atoms with E-state index in [0.717, 1.165) is 0 Å². The number of ether oxygens (including phenoxy) is 7. The van der Waals surface area contributed by atoms with Gasteiger partial charge in [-0.15, -0.1) is 0 Å². The fourth-order valence-electron chi connectivity index (χ4n) is 9.76. The number of methoxy groups -OCH3 is 2. The zero-order chi connectivity index (χ0) is 48.2. The van der Waals surface area contributed by atoms with E-state index in [2.05, 4.69) is 5.32 Å². The Morgan fingerprint density at radius 3 is 2.14 bits per heavy atom. The molecule has 1 aromatic carbocycles. The number of halogens is 2. The molecule has 366 valence electrons. The first kappa shape index (κ1) is 54.6. The number of Topliss-reactive ketones (excluding diaryl/α,β-unsaturated/α-hetero) is 1. The lowest BCUT2D eigenvalue weighted by Crippen LogP contribution is -2.62. The summed E-state index contributed by atoms with van der Waals surface area (Å²) in [6.07, 6.45) is -9.91. The van der Waals surface area contributed by atoms with Crippen LogP contribution in [-0.2, 0) is 42.7 Å². The fourth-order valence-corrected chi connectivity index (χ4v) is 10.1. The zero-order valence-corrected chi connectivity index (χ0v) is 41.2. The Bertz CT molecular complexity index is 1740. The van der Waals surface area contributed by atoms with E-state index in [1.54, 1.807) is 53.7 Å². The van der Waals surface area contributed by atoms with Gasteiger partial charge < -0.3 is 58.9 Å². The van der Waals surface area contributed by atoms with Gasteiger partial charge in [0.1, 0.15) is 29.7 Å². The molecule has 1 aromatic rings. The first-order valence-corrected chi connectivity index (χ1v) is 23.2. The van der Waals surface area contributed by atoms with Gasteiger partial charge in [0.05, 0.1) is 57.7 Å². The Morgan fingerprint density at radius 1 is 0.906 bits per heavy atom. The summed E-state index contributed by atoms with van der Waals surface area (Å²) in [5, 5.41) is 49.9. The lowest BCUT2D eigenvalue weighted by molar-refractivity contribution is -0.319. The van der Waals surface area contributed by atoms with E-state index in [0.29, 0.717) is 23.6 Å². The van der Waals surface area contributed by atoms with Crippen LogP contribution in [0.4, 0.5) is 0 Å². The van der Waals surface area contributed by atoms with E-state index >= 15 is 0 Å². The van der Waals surface area contributed by atoms with E-state index in [1.165, 1.54) is 34.1 Å². The molecule has 18 atom stereocenters. The molecule has 3 heterocycles. The quantitative estimate of drug-likeness (QED) is 0.182. The van der Waals surface area contributed by atoms with Gasteiger partial charge in [-0.2, -0.15) is 0 Å². The molecule has 0 aliphatic carbocycles. The number of nitrogens with zero attached hydrogens (tertiary/aromatic N) is 1. The Balaban J connectivity index is 1.74. The van der Waals surface area contributed by atoms with Crippen LogP contribution < -0.4 is 5.32 Å². The number of hydrogen-bond donors (Lipinski definition) is 5. The van der Waals surface area contributed by atoms with E-state index in [1.807, 2.05) is 25.8 Å². The molecule has 3 aliphatic heterocycles. The number of benzene rings is 1. The third-order valence-electron chi connectivity index (χ3n) is 14.1. The SMILES string of the molecule is CC[C@H]1OC(=O)[C@H](C)[C@@H](OC2C[C@@](C)(OC)[C@@H](O)[C@H](C)O2)[C@H](C)[C@@H](OC2O[C@H](C)C[C@H](N(C)CCNC(=O)c3ccc(Cl)c(Cl)c3)[C@H]2O)[C@](C)(OC)C[C@@H](C)C(=O)[C@H](C)[C@@H](O)[C@]1(C)O. The van der Waals surface area contributed by atoms with Gasteiger partial charge in [0.2, 0.25) is 0 Å². The van der Waals surface area contributed by atoms with Crippen molar-refractivity contribution in [3.05, 3.63) is 33.8 Å². The van der Waals surface area contributed by atoms with Crippen LogP contribution >= 0.6 is 23.2 Å². The number of carbonyl (C=O) groups is 3. The van der Waals surface area contributed by atoms with Gasteiger partial charge in [0.15, 0.2) is 12.6 Å². The maximum absolute atomic E-state index is 14.4. The molecule has 16 nitrogen and oxygen atoms in total. The summed E-state index contributed by atoms with van der Waals surface area (Å²) in [4.78, 5) is 43.4. The molecule has 3 fully saturated rings. The standard InChI is InChI=1S/C46H74Cl2N2O14/c1-14-33-46(10,57)38(53)25(4)35(51)23(2)21-45(9,59-13)40(26(5)37(27(6)42(56)62-33)63-34-22-44(8,58-12)39(54)28(7)61-34)64-43-36(52)32(19-24(3)60-43)50(11)18-17-49-41(55)29-15-16-30(47)31(48)20-29/h15-16,20,23-28,32-34,36-40,43,52-54,57H,14,17-19,21-22H2,1-13H3,(H,49,55)/t23-,24-,25+,26+,27-,28+,32+,33-,34?,36-,37+,38-,39+,40-,43?,44-,45-,46-/m1/s1. The average molecular weight is 950 g/mol. The van der Waals surface area contributed by atoms with Crippen molar-refractivity contribution in [1.29, 1.82) is 0 Å². The molecule has 0 radical (unpaired) electrons. The van der Waals surface area contributed by atoms with Crippen LogP contribution in [-0.4, -0.2) is 162 Å². The lowest BCUT2D eigenvalue weighted by atomic mass is 9.74. The van der Waals surface area contributed by atoms with Crippen LogP contribution in [0.25, 0.3) is 0 Å². The van der Waals surface area contributed by atoms with Crippen molar-refractivity contribution < 1.29 is 68.0 Å². The average Bonchev–Trinajstić information content (AvgIpc) is 3.25. The Morgan fingerprint density at radius 2 is 1.55 bits per heavy atom. The number of cyclic esters (lactones) is 1. The lowest BCUT2D eigenvalue weighted by Gasteiger charge is -2.50. The summed E-state index contributed by atoms with van der Waals surface area (Å²) in [5.74, 6) is -5.16. The molecule has 3 saturated heterocycles. The summed E-state index contributed by atoms with van der Waals surface area (Å²) in [6, 6.07) is 4.12. The summed E-state index contributed by atoms with van der Waals surface area (Å²) in [6.45, 7) is 17.4. The van der Waals surface area contributed by atoms with Crippen LogP contribution in [0, 0.1) is 23.7 Å². The van der Waals surface area contributed by atoms with E-state index in [-0.39, 0.29) is 42.5 Å². The first-order valence-electron chi connectivity index (χ1n) is 22.4. The van der Waals surface area contributed by atoms with Crippen molar-refractivity contribution in [2.24, 2.45) is 23.7 Å². The minimum absolute atomic E-state index is 0.0461. The summed E-state index contributed by atoms with van der Waals surface area (Å²) < 4.78 is 44.4. The van der Waals surface area contributed by atoms with Crippen molar-refractivity contribution in [1.82, 2.24) is 10.2 Å². The molecule has 0 bridgehead atoms. The van der Waals surface area contributed by atoms with E-state index < -0.39 is 114 Å². The van der Waals surface area contributed by atoms with Gasteiger partial charge in [-0.25, -0.2) is 0 Å². The van der Waals surface area contributed by atoms with Crippen LogP contribution in [0.3, 0.4) is 0 Å². The number of nitrogens with one attached hydrogen (secondary N) is 1. The minimum Gasteiger partial charge on any atom is -0.459 e. The smallest absolute Gasteiger partial charge is 0.311 e. The molecular formula is C46H74Cl2N2O14. The molecule has 0 saturated carbocycles. The Hall–Kier alpha value is -2.03. The van der Waals surface area contributed by atoms with Crippen LogP contribution in [0.5, 0.6) is 0 Å². The van der Waals surface area contributed by atoms with Crippen molar-refractivity contribution in [3.63, 3.8) is 0 Å². The second-order valence-corrected chi connectivity index (χ2v) is 19.8. The number of amides is 1. The van der Waals surface area contributed by atoms with Crippen molar-refractivity contribution in [3.8, 4) is 0 Å². The summed E-state index contributed by atoms with van der Waals surface area (Å²) >= 11 is 12.2. The molecule has 64 heavy (non-hydrogen) atoms. The number of carbonyl (C=O) groups excluding carboxylic acids is 3. The Kier molecular flexibility index (Phi) is 19.1. The number of esters is 1. The molecule has 0 spiro atoms. The molecule has 5 N–H and O–H groups in total. The predicted octanol–water partition coefficient (Wildman–Crippen LogP) is 4.55. The fraction of sp³-hybridized carbons (Fsp3) is 0.804. The largest absolute Gasteiger partial charge is 0.459 e. The number of likely N-dealkylation sites (N-methyl/N-ethyl adjacent to an activating group) is 1. The zero-order valence-electron chi connectivity index (χ0n) is 39.7. The van der Waals surface area contributed by atoms with Gasteiger partial charge in [-0.1, -0.05) is 50.9 Å². The molecule has 4 rings (SSSR count). The molecule has 3 aliphatic rings. The number of hydrogen-bond acceptors (Lipinski definition) is 15. The highest BCUT2D eigenvalue weighted by atomic mass is 35.5. The predicted molar refractivity (Wildman–Crippen MR) is 239 cm³/mol. The van der Waals surface area contributed by atoms with Gasteiger partial charge in [-0.05, 0) is 86.1 Å². The summed E-state index contributed by atoms with van der Waals surface area (Å²) in [5.41, 5.74) is -4.08. The van der Waals surface area contributed by atoms with Gasteiger partial charge >= 0.3 is 5.97 Å². The topological polar surface area (TPSA) is 212 Å². The van der Waals surface area contributed by atoms with Crippen LogP contribution in [0.2, 0.25) is 10.0 Å². The molecular weight excluding hydrogens is 875 g/mol. The normalized spacial score (nSPS) is 41.9. The van der Waals surface area contributed by atoms with Crippen molar-refractivity contribution in [2.75, 3.05) is 34.4 Å². The second kappa shape index (κ2) is 22.4. The van der Waals surface area contributed by atoms with Gasteiger partial charge in [0, 0.05) is 63.1 Å². The minimum atomic E-state index is -2.01. The van der Waals surface area contributed by atoms with Crippen LogP contribution in [0.1, 0.15) is 105 Å². The Labute approximate surface area is 388 Å². The summed E-state index contributed by atoms with van der Waals surface area (Å²) in [7, 11) is 4.79. The van der Waals surface area contributed by atoms with Crippen LogP contribution in [0.15, 0.2) is 18.2 Å². The molecule has 2 unspecified atom stereocenters. The van der Waals surface area contributed by atoms with Crippen molar-refractivity contribution >= 4 is 40.9 Å². The second-order valence-electron chi connectivity index (χ2n) is 19.0. The highest BCUT2D eigenvalue weighted by molar-refractivity contribution is 6.42. The highest BCUT2D eigenvalue weighted by Gasteiger charge is 2.54. The molecule has 0 aromatic heterocycles. The number of ketones is 1. The maximum atomic E-state index is 14.4. The van der Waals surface area contributed by atoms with E-state index in [4.69, 9.17) is 56.4 Å². The first-order chi connectivity index (χ1) is 29.8. The maximum Gasteiger partial charge on any atom is 0.311 e. The highest BCUT2D eigenvalue weighted by Crippen LogP contribution is 2.42. The number of aliphatic hydroxyl groups excluding tert-OH is 3. The monoisotopic (exact) mass is 948 g/mol. The molecule has 18 heteroatoms. The number of aliphatic hydroxyl groups is 4. The third kappa shape index (κ3) is 12.2. The van der Waals surface area contributed by atoms with E-state index in [9.17, 15) is 34.8 Å². The van der Waals surface area contributed by atoms with Gasteiger partial charge in [-0.3, -0.25) is 19.3 Å².